The lowest BCUT2D eigenvalue weighted by molar-refractivity contribution is 0.685. The van der Waals surface area contributed by atoms with Crippen LogP contribution in [0.15, 0.2) is 36.4 Å². The minimum absolute atomic E-state index is 0.800. The molecule has 2 aromatic rings. The van der Waals surface area contributed by atoms with Crippen LogP contribution in [0.2, 0.25) is 5.02 Å². The Morgan fingerprint density at radius 3 is 2.17 bits per heavy atom. The van der Waals surface area contributed by atoms with Crippen molar-refractivity contribution in [3.63, 3.8) is 0 Å². The summed E-state index contributed by atoms with van der Waals surface area (Å²) in [5, 5.41) is 0.800. The van der Waals surface area contributed by atoms with Crippen LogP contribution in [-0.2, 0) is 12.8 Å². The van der Waals surface area contributed by atoms with Crippen molar-refractivity contribution in [3.05, 3.63) is 58.1 Å². The first kappa shape index (κ1) is 11.8. The van der Waals surface area contributed by atoms with Crippen molar-refractivity contribution < 1.29 is 0 Å². The molecule has 0 heterocycles. The second-order valence-electron chi connectivity index (χ2n) is 5.15. The predicted octanol–water partition coefficient (Wildman–Crippen LogP) is 5.19. The summed E-state index contributed by atoms with van der Waals surface area (Å²) in [6, 6.07) is 12.9. The molecule has 0 aliphatic heterocycles. The highest BCUT2D eigenvalue weighted by Gasteiger charge is 2.12. The van der Waals surface area contributed by atoms with Crippen LogP contribution in [0.25, 0.3) is 11.1 Å². The normalized spacial score (nSPS) is 14.3. The van der Waals surface area contributed by atoms with Crippen LogP contribution < -0.4 is 0 Å². The minimum atomic E-state index is 0.800. The molecular formula is C17H17Cl. The Morgan fingerprint density at radius 1 is 0.889 bits per heavy atom. The van der Waals surface area contributed by atoms with Gasteiger partial charge in [0.15, 0.2) is 0 Å². The molecule has 0 radical (unpaired) electrons. The summed E-state index contributed by atoms with van der Waals surface area (Å²) in [5.74, 6) is 0. The maximum absolute atomic E-state index is 5.95. The second-order valence-corrected chi connectivity index (χ2v) is 5.59. The SMILES string of the molecule is Cc1cc2c(cc1-c1ccc(Cl)cc1)CCCC2. The Balaban J connectivity index is 2.09. The molecule has 1 heteroatoms. The highest BCUT2D eigenvalue weighted by Crippen LogP contribution is 2.31. The van der Waals surface area contributed by atoms with Crippen LogP contribution in [-0.4, -0.2) is 0 Å². The summed E-state index contributed by atoms with van der Waals surface area (Å²) < 4.78 is 0. The van der Waals surface area contributed by atoms with Gasteiger partial charge in [-0.3, -0.25) is 0 Å². The monoisotopic (exact) mass is 256 g/mol. The first-order chi connectivity index (χ1) is 8.74. The van der Waals surface area contributed by atoms with Gasteiger partial charge >= 0.3 is 0 Å². The number of rotatable bonds is 1. The van der Waals surface area contributed by atoms with E-state index in [4.69, 9.17) is 11.6 Å². The standard InChI is InChI=1S/C17H17Cl/c1-12-10-14-4-2-3-5-15(14)11-17(12)13-6-8-16(18)9-7-13/h6-11H,2-5H2,1H3. The van der Waals surface area contributed by atoms with E-state index in [-0.39, 0.29) is 0 Å². The molecule has 2 aromatic carbocycles. The van der Waals surface area contributed by atoms with Crippen LogP contribution in [0.3, 0.4) is 0 Å². The molecule has 0 nitrogen and oxygen atoms in total. The molecule has 18 heavy (non-hydrogen) atoms. The molecule has 0 unspecified atom stereocenters. The molecule has 0 fully saturated rings. The summed E-state index contributed by atoms with van der Waals surface area (Å²) in [5.41, 5.74) is 7.09. The summed E-state index contributed by atoms with van der Waals surface area (Å²) in [6.07, 6.45) is 5.15. The van der Waals surface area contributed by atoms with Gasteiger partial charge in [0.1, 0.15) is 0 Å². The summed E-state index contributed by atoms with van der Waals surface area (Å²) in [4.78, 5) is 0. The van der Waals surface area contributed by atoms with Crippen molar-refractivity contribution in [2.24, 2.45) is 0 Å². The molecule has 3 rings (SSSR count). The lowest BCUT2D eigenvalue weighted by atomic mass is 9.87. The molecule has 0 bridgehead atoms. The van der Waals surface area contributed by atoms with Crippen molar-refractivity contribution in [2.45, 2.75) is 32.6 Å². The van der Waals surface area contributed by atoms with E-state index in [1.165, 1.54) is 47.9 Å². The van der Waals surface area contributed by atoms with E-state index < -0.39 is 0 Å². The molecule has 92 valence electrons. The molecule has 0 aromatic heterocycles. The lowest BCUT2D eigenvalue weighted by Crippen LogP contribution is -2.03. The molecule has 0 saturated carbocycles. The van der Waals surface area contributed by atoms with Crippen molar-refractivity contribution in [3.8, 4) is 11.1 Å². The summed E-state index contributed by atoms with van der Waals surface area (Å²) in [7, 11) is 0. The minimum Gasteiger partial charge on any atom is -0.0843 e. The van der Waals surface area contributed by atoms with Gasteiger partial charge in [-0.2, -0.15) is 0 Å². The quantitative estimate of drug-likeness (QED) is 0.658. The third-order valence-corrected chi connectivity index (χ3v) is 4.10. The van der Waals surface area contributed by atoms with Crippen LogP contribution >= 0.6 is 11.6 Å². The first-order valence-electron chi connectivity index (χ1n) is 6.62. The van der Waals surface area contributed by atoms with Crippen molar-refractivity contribution in [1.82, 2.24) is 0 Å². The van der Waals surface area contributed by atoms with Gasteiger partial charge in [0, 0.05) is 5.02 Å². The smallest absolute Gasteiger partial charge is 0.0406 e. The Bertz CT molecular complexity index is 567. The average molecular weight is 257 g/mol. The number of hydrogen-bond donors (Lipinski definition) is 0. The van der Waals surface area contributed by atoms with E-state index in [1.807, 2.05) is 12.1 Å². The Kier molecular flexibility index (Phi) is 3.13. The third kappa shape index (κ3) is 2.18. The molecule has 1 aliphatic carbocycles. The van der Waals surface area contributed by atoms with Crippen LogP contribution in [0.4, 0.5) is 0 Å². The summed E-state index contributed by atoms with van der Waals surface area (Å²) in [6.45, 7) is 2.21. The van der Waals surface area contributed by atoms with Gasteiger partial charge in [-0.1, -0.05) is 35.9 Å². The Hall–Kier alpha value is -1.27. The van der Waals surface area contributed by atoms with Gasteiger partial charge in [0.25, 0.3) is 0 Å². The van der Waals surface area contributed by atoms with Gasteiger partial charge in [-0.05, 0) is 72.6 Å². The third-order valence-electron chi connectivity index (χ3n) is 3.84. The highest BCUT2D eigenvalue weighted by atomic mass is 35.5. The molecule has 0 N–H and O–H groups in total. The fourth-order valence-corrected chi connectivity index (χ4v) is 2.98. The van der Waals surface area contributed by atoms with E-state index in [1.54, 1.807) is 5.56 Å². The maximum atomic E-state index is 5.95. The second kappa shape index (κ2) is 4.78. The fraction of sp³-hybridized carbons (Fsp3) is 0.294. The topological polar surface area (TPSA) is 0 Å². The number of fused-ring (bicyclic) bond motifs is 1. The number of benzene rings is 2. The fourth-order valence-electron chi connectivity index (χ4n) is 2.85. The van der Waals surface area contributed by atoms with E-state index >= 15 is 0 Å². The van der Waals surface area contributed by atoms with E-state index in [9.17, 15) is 0 Å². The van der Waals surface area contributed by atoms with Gasteiger partial charge < -0.3 is 0 Å². The van der Waals surface area contributed by atoms with Gasteiger partial charge in [-0.25, -0.2) is 0 Å². The average Bonchev–Trinajstić information content (AvgIpc) is 2.39. The Morgan fingerprint density at radius 2 is 1.50 bits per heavy atom. The van der Waals surface area contributed by atoms with E-state index in [2.05, 4.69) is 31.2 Å². The highest BCUT2D eigenvalue weighted by molar-refractivity contribution is 6.30. The van der Waals surface area contributed by atoms with E-state index in [0.29, 0.717) is 0 Å². The zero-order valence-electron chi connectivity index (χ0n) is 10.7. The molecule has 0 atom stereocenters. The molecule has 1 aliphatic rings. The zero-order valence-corrected chi connectivity index (χ0v) is 11.4. The molecule has 0 spiro atoms. The number of hydrogen-bond acceptors (Lipinski definition) is 0. The van der Waals surface area contributed by atoms with Crippen molar-refractivity contribution in [2.75, 3.05) is 0 Å². The van der Waals surface area contributed by atoms with Gasteiger partial charge in [0.05, 0.1) is 0 Å². The summed E-state index contributed by atoms with van der Waals surface area (Å²) >= 11 is 5.95. The van der Waals surface area contributed by atoms with Crippen molar-refractivity contribution >= 4 is 11.6 Å². The van der Waals surface area contributed by atoms with Gasteiger partial charge in [-0.15, -0.1) is 0 Å². The van der Waals surface area contributed by atoms with Crippen molar-refractivity contribution in [1.29, 1.82) is 0 Å². The molecular weight excluding hydrogens is 240 g/mol. The van der Waals surface area contributed by atoms with Crippen LogP contribution in [0.1, 0.15) is 29.5 Å². The zero-order chi connectivity index (χ0) is 12.5. The van der Waals surface area contributed by atoms with E-state index in [0.717, 1.165) is 5.02 Å². The van der Waals surface area contributed by atoms with Crippen LogP contribution in [0, 0.1) is 6.92 Å². The lowest BCUT2D eigenvalue weighted by Gasteiger charge is -2.19. The first-order valence-corrected chi connectivity index (χ1v) is 7.00. The number of halogens is 1. The molecule has 0 saturated heterocycles. The molecule has 0 amide bonds. The Labute approximate surface area is 114 Å². The number of aryl methyl sites for hydroxylation is 3. The maximum Gasteiger partial charge on any atom is 0.0406 e. The van der Waals surface area contributed by atoms with Crippen LogP contribution in [0.5, 0.6) is 0 Å². The predicted molar refractivity (Wildman–Crippen MR) is 78.3 cm³/mol. The van der Waals surface area contributed by atoms with Gasteiger partial charge in [0.2, 0.25) is 0 Å². The largest absolute Gasteiger partial charge is 0.0843 e.